The molecule has 0 radical (unpaired) electrons. The van der Waals surface area contributed by atoms with Crippen LogP contribution in [0.3, 0.4) is 0 Å². The maximum absolute atomic E-state index is 13.8. The number of rotatable bonds is 5. The van der Waals surface area contributed by atoms with Gasteiger partial charge in [0.1, 0.15) is 5.82 Å². The molecule has 1 heterocycles. The average molecular weight is 420 g/mol. The summed E-state index contributed by atoms with van der Waals surface area (Å²) in [5, 5.41) is 0. The summed E-state index contributed by atoms with van der Waals surface area (Å²) >= 11 is 0. The zero-order chi connectivity index (χ0) is 21.0. The van der Waals surface area contributed by atoms with Gasteiger partial charge in [0.25, 0.3) is 5.91 Å². The Morgan fingerprint density at radius 3 is 2.28 bits per heavy atom. The van der Waals surface area contributed by atoms with E-state index in [1.54, 1.807) is 6.07 Å². The molecule has 1 amide bonds. The number of methoxy groups -OCH3 is 1. The lowest BCUT2D eigenvalue weighted by atomic mass is 10.0. The van der Waals surface area contributed by atoms with E-state index in [1.165, 1.54) is 54.5 Å². The van der Waals surface area contributed by atoms with Gasteiger partial charge >= 0.3 is 5.97 Å². The molecular weight excluding hydrogens is 399 g/mol. The number of amides is 1. The molecule has 29 heavy (non-hydrogen) atoms. The highest BCUT2D eigenvalue weighted by atomic mass is 32.2. The number of hydrogen-bond donors (Lipinski definition) is 1. The maximum Gasteiger partial charge on any atom is 0.337 e. The summed E-state index contributed by atoms with van der Waals surface area (Å²) in [6.07, 6.45) is 0.833. The molecule has 0 spiro atoms. The van der Waals surface area contributed by atoms with Gasteiger partial charge in [0.2, 0.25) is 10.0 Å². The second-order valence-electron chi connectivity index (χ2n) is 6.68. The third kappa shape index (κ3) is 4.80. The Hall–Kier alpha value is -2.78. The Morgan fingerprint density at radius 2 is 1.69 bits per heavy atom. The lowest BCUT2D eigenvalue weighted by Crippen LogP contribution is -2.46. The van der Waals surface area contributed by atoms with Crippen molar-refractivity contribution in [3.05, 3.63) is 65.5 Å². The van der Waals surface area contributed by atoms with Crippen molar-refractivity contribution in [3.63, 3.8) is 0 Å². The first-order valence-electron chi connectivity index (χ1n) is 9.06. The second kappa shape index (κ2) is 8.71. The van der Waals surface area contributed by atoms with E-state index in [0.29, 0.717) is 25.9 Å². The number of nitrogens with one attached hydrogen (secondary N) is 1. The minimum atomic E-state index is -3.77. The molecule has 0 aliphatic carbocycles. The van der Waals surface area contributed by atoms with Crippen LogP contribution in [0, 0.1) is 5.82 Å². The van der Waals surface area contributed by atoms with E-state index in [4.69, 9.17) is 0 Å². The SMILES string of the molecule is COC(=O)c1ccc(S(=O)(=O)NC2CCN(C(=O)c3ccccc3F)CC2)cc1. The van der Waals surface area contributed by atoms with Gasteiger partial charge in [-0.3, -0.25) is 4.79 Å². The Balaban J connectivity index is 1.60. The number of esters is 1. The van der Waals surface area contributed by atoms with Crippen LogP contribution in [0.1, 0.15) is 33.6 Å². The minimum Gasteiger partial charge on any atom is -0.465 e. The van der Waals surface area contributed by atoms with Crippen LogP contribution in [-0.2, 0) is 14.8 Å². The number of carbonyl (C=O) groups is 2. The van der Waals surface area contributed by atoms with E-state index in [-0.39, 0.29) is 22.1 Å². The number of ether oxygens (including phenoxy) is 1. The predicted molar refractivity (Wildman–Crippen MR) is 103 cm³/mol. The first-order chi connectivity index (χ1) is 13.8. The number of carbonyl (C=O) groups excluding carboxylic acids is 2. The third-order valence-electron chi connectivity index (χ3n) is 4.79. The topological polar surface area (TPSA) is 92.8 Å². The first kappa shape index (κ1) is 20.9. The van der Waals surface area contributed by atoms with Crippen molar-refractivity contribution >= 4 is 21.9 Å². The summed E-state index contributed by atoms with van der Waals surface area (Å²) in [5.41, 5.74) is 0.267. The highest BCUT2D eigenvalue weighted by Crippen LogP contribution is 2.18. The number of hydrogen-bond acceptors (Lipinski definition) is 5. The van der Waals surface area contributed by atoms with Gasteiger partial charge in [-0.2, -0.15) is 0 Å². The lowest BCUT2D eigenvalue weighted by Gasteiger charge is -2.32. The van der Waals surface area contributed by atoms with Crippen LogP contribution in [0.25, 0.3) is 0 Å². The van der Waals surface area contributed by atoms with E-state index in [2.05, 4.69) is 9.46 Å². The Bertz CT molecular complexity index is 1000. The van der Waals surface area contributed by atoms with Crippen LogP contribution in [0.5, 0.6) is 0 Å². The molecule has 2 aromatic carbocycles. The first-order valence-corrected chi connectivity index (χ1v) is 10.5. The fourth-order valence-electron chi connectivity index (χ4n) is 3.18. The average Bonchev–Trinajstić information content (AvgIpc) is 2.73. The molecule has 0 saturated carbocycles. The van der Waals surface area contributed by atoms with Gasteiger partial charge in [0.05, 0.1) is 23.1 Å². The largest absolute Gasteiger partial charge is 0.465 e. The summed E-state index contributed by atoms with van der Waals surface area (Å²) in [5.74, 6) is -1.52. The molecule has 154 valence electrons. The van der Waals surface area contributed by atoms with Crippen molar-refractivity contribution in [2.45, 2.75) is 23.8 Å². The number of halogens is 1. The molecule has 0 bridgehead atoms. The molecule has 9 heteroatoms. The molecule has 1 fully saturated rings. The molecular formula is C20H21FN2O5S. The smallest absolute Gasteiger partial charge is 0.337 e. The number of sulfonamides is 1. The third-order valence-corrected chi connectivity index (χ3v) is 6.33. The van der Waals surface area contributed by atoms with E-state index >= 15 is 0 Å². The summed E-state index contributed by atoms with van der Waals surface area (Å²) in [6.45, 7) is 0.642. The fraction of sp³-hybridized carbons (Fsp3) is 0.300. The molecule has 0 atom stereocenters. The van der Waals surface area contributed by atoms with Crippen molar-refractivity contribution in [2.75, 3.05) is 20.2 Å². The molecule has 1 aliphatic rings. The maximum atomic E-state index is 13.8. The molecule has 1 aliphatic heterocycles. The zero-order valence-electron chi connectivity index (χ0n) is 15.8. The summed E-state index contributed by atoms with van der Waals surface area (Å²) in [4.78, 5) is 25.5. The molecule has 7 nitrogen and oxygen atoms in total. The van der Waals surface area contributed by atoms with Gasteiger partial charge in [-0.15, -0.1) is 0 Å². The summed E-state index contributed by atoms with van der Waals surface area (Å²) in [6, 6.07) is 10.9. The summed E-state index contributed by atoms with van der Waals surface area (Å²) in [7, 11) is -2.52. The van der Waals surface area contributed by atoms with Crippen LogP contribution in [0.2, 0.25) is 0 Å². The van der Waals surface area contributed by atoms with Gasteiger partial charge in [-0.05, 0) is 49.2 Å². The normalized spacial score (nSPS) is 15.2. The lowest BCUT2D eigenvalue weighted by molar-refractivity contribution is 0.0600. The van der Waals surface area contributed by atoms with Gasteiger partial charge in [-0.25, -0.2) is 22.3 Å². The molecule has 2 aromatic rings. The molecule has 0 aromatic heterocycles. The van der Waals surface area contributed by atoms with Gasteiger partial charge < -0.3 is 9.64 Å². The number of benzene rings is 2. The van der Waals surface area contributed by atoms with Crippen LogP contribution >= 0.6 is 0 Å². The van der Waals surface area contributed by atoms with Gasteiger partial charge in [0, 0.05) is 19.1 Å². The van der Waals surface area contributed by atoms with Crippen LogP contribution in [0.15, 0.2) is 53.4 Å². The van der Waals surface area contributed by atoms with Crippen LogP contribution < -0.4 is 4.72 Å². The van der Waals surface area contributed by atoms with E-state index < -0.39 is 27.7 Å². The van der Waals surface area contributed by atoms with Crippen molar-refractivity contribution in [1.82, 2.24) is 9.62 Å². The van der Waals surface area contributed by atoms with Crippen molar-refractivity contribution in [2.24, 2.45) is 0 Å². The fourth-order valence-corrected chi connectivity index (χ4v) is 4.49. The van der Waals surface area contributed by atoms with E-state index in [1.807, 2.05) is 0 Å². The highest BCUT2D eigenvalue weighted by molar-refractivity contribution is 7.89. The minimum absolute atomic E-state index is 0.0113. The van der Waals surface area contributed by atoms with Crippen LogP contribution in [0.4, 0.5) is 4.39 Å². The Kier molecular flexibility index (Phi) is 6.29. The molecule has 1 saturated heterocycles. The van der Waals surface area contributed by atoms with Crippen molar-refractivity contribution in [1.29, 1.82) is 0 Å². The van der Waals surface area contributed by atoms with Crippen molar-refractivity contribution in [3.8, 4) is 0 Å². The van der Waals surface area contributed by atoms with Crippen LogP contribution in [-0.4, -0.2) is 51.4 Å². The summed E-state index contributed by atoms with van der Waals surface area (Å²) < 4.78 is 46.2. The van der Waals surface area contributed by atoms with Crippen molar-refractivity contribution < 1.29 is 27.1 Å². The monoisotopic (exact) mass is 420 g/mol. The van der Waals surface area contributed by atoms with E-state index in [0.717, 1.165) is 0 Å². The quantitative estimate of drug-likeness (QED) is 0.749. The van der Waals surface area contributed by atoms with Gasteiger partial charge in [-0.1, -0.05) is 12.1 Å². The highest BCUT2D eigenvalue weighted by Gasteiger charge is 2.28. The molecule has 0 unspecified atom stereocenters. The van der Waals surface area contributed by atoms with E-state index in [9.17, 15) is 22.4 Å². The second-order valence-corrected chi connectivity index (χ2v) is 8.40. The number of piperidine rings is 1. The standard InChI is InChI=1S/C20H21FN2O5S/c1-28-20(25)14-6-8-16(9-7-14)29(26,27)22-15-10-12-23(13-11-15)19(24)17-4-2-3-5-18(17)21/h2-9,15,22H,10-13H2,1H3. The zero-order valence-corrected chi connectivity index (χ0v) is 16.6. The number of likely N-dealkylation sites (tertiary alicyclic amines) is 1. The molecule has 1 N–H and O–H groups in total. The Labute approximate surface area is 168 Å². The Morgan fingerprint density at radius 1 is 1.07 bits per heavy atom. The van der Waals surface area contributed by atoms with Gasteiger partial charge in [0.15, 0.2) is 0 Å². The predicted octanol–water partition coefficient (Wildman–Crippen LogP) is 2.20. The number of nitrogens with zero attached hydrogens (tertiary/aromatic N) is 1. The molecule has 3 rings (SSSR count).